The van der Waals surface area contributed by atoms with Crippen LogP contribution >= 0.6 is 24.0 Å². The van der Waals surface area contributed by atoms with Gasteiger partial charge in [-0.1, -0.05) is 6.92 Å². The van der Waals surface area contributed by atoms with Crippen molar-refractivity contribution in [3.63, 3.8) is 0 Å². The van der Waals surface area contributed by atoms with Crippen molar-refractivity contribution in [2.75, 3.05) is 39.3 Å². The summed E-state index contributed by atoms with van der Waals surface area (Å²) in [6.07, 6.45) is -2.52. The minimum atomic E-state index is -4.15. The van der Waals surface area contributed by atoms with E-state index in [9.17, 15) is 13.2 Å². The summed E-state index contributed by atoms with van der Waals surface area (Å²) in [5.74, 6) is 1.19. The molecule has 1 heterocycles. The Kier molecular flexibility index (Phi) is 11.2. The van der Waals surface area contributed by atoms with Crippen LogP contribution in [0.2, 0.25) is 0 Å². The van der Waals surface area contributed by atoms with Gasteiger partial charge in [-0.05, 0) is 32.2 Å². The predicted octanol–water partition coefficient (Wildman–Crippen LogP) is 2.84. The maximum atomic E-state index is 12.1. The number of likely N-dealkylation sites (tertiary alicyclic amines) is 1. The van der Waals surface area contributed by atoms with Gasteiger partial charge in [-0.25, -0.2) is 0 Å². The maximum Gasteiger partial charge on any atom is 0.390 e. The van der Waals surface area contributed by atoms with Crippen LogP contribution in [0.4, 0.5) is 13.2 Å². The van der Waals surface area contributed by atoms with Crippen LogP contribution in [0.1, 0.15) is 33.1 Å². The molecule has 2 N–H and O–H groups in total. The third-order valence-electron chi connectivity index (χ3n) is 3.47. The Morgan fingerprint density at radius 1 is 1.32 bits per heavy atom. The van der Waals surface area contributed by atoms with Crippen molar-refractivity contribution in [1.82, 2.24) is 15.5 Å². The summed E-state index contributed by atoms with van der Waals surface area (Å²) in [5, 5.41) is 6.07. The summed E-state index contributed by atoms with van der Waals surface area (Å²) in [6.45, 7) is 8.35. The normalized spacial score (nSPS) is 20.4. The first-order valence-electron chi connectivity index (χ1n) is 7.72. The Balaban J connectivity index is 0.00000441. The maximum absolute atomic E-state index is 12.1. The number of aliphatic imine (C=N–C) groups is 1. The third-order valence-corrected chi connectivity index (χ3v) is 3.47. The quantitative estimate of drug-likeness (QED) is 0.382. The zero-order valence-corrected chi connectivity index (χ0v) is 15.7. The Morgan fingerprint density at radius 2 is 2.05 bits per heavy atom. The van der Waals surface area contributed by atoms with Crippen LogP contribution in [-0.2, 0) is 0 Å². The van der Waals surface area contributed by atoms with E-state index in [4.69, 9.17) is 0 Å². The van der Waals surface area contributed by atoms with Crippen molar-refractivity contribution in [3.8, 4) is 0 Å². The fourth-order valence-electron chi connectivity index (χ4n) is 2.46. The van der Waals surface area contributed by atoms with E-state index in [1.165, 1.54) is 12.8 Å². The van der Waals surface area contributed by atoms with Crippen LogP contribution in [0.25, 0.3) is 0 Å². The molecule has 8 heteroatoms. The Bertz CT molecular complexity index is 324. The van der Waals surface area contributed by atoms with Gasteiger partial charge < -0.3 is 15.5 Å². The second kappa shape index (κ2) is 11.3. The van der Waals surface area contributed by atoms with Gasteiger partial charge in [0.05, 0.1) is 13.0 Å². The highest BCUT2D eigenvalue weighted by atomic mass is 127. The van der Waals surface area contributed by atoms with Crippen LogP contribution in [-0.4, -0.2) is 56.3 Å². The average molecular weight is 436 g/mol. The van der Waals surface area contributed by atoms with E-state index in [0.717, 1.165) is 25.6 Å². The molecule has 0 spiro atoms. The Hall–Kier alpha value is -0.250. The van der Waals surface area contributed by atoms with Gasteiger partial charge in [0.25, 0.3) is 0 Å². The van der Waals surface area contributed by atoms with E-state index < -0.39 is 12.6 Å². The minimum absolute atomic E-state index is 0. The van der Waals surface area contributed by atoms with Crippen LogP contribution in [0, 0.1) is 5.92 Å². The summed E-state index contributed by atoms with van der Waals surface area (Å²) >= 11 is 0. The molecule has 0 saturated carbocycles. The molecule has 0 aliphatic carbocycles. The van der Waals surface area contributed by atoms with Gasteiger partial charge in [0, 0.05) is 26.2 Å². The molecule has 4 nitrogen and oxygen atoms in total. The lowest BCUT2D eigenvalue weighted by Gasteiger charge is -2.30. The zero-order valence-electron chi connectivity index (χ0n) is 13.4. The molecule has 0 aromatic rings. The zero-order chi connectivity index (χ0) is 15.7. The number of piperidine rings is 1. The SMILES string of the molecule is CCNC(=NCCC(F)(F)F)NCCN1CCCC(C)C1.I. The molecular formula is C14H28F3IN4. The lowest BCUT2D eigenvalue weighted by molar-refractivity contribution is -0.132. The molecule has 1 unspecified atom stereocenters. The molecule has 0 aromatic carbocycles. The van der Waals surface area contributed by atoms with E-state index >= 15 is 0 Å². The molecular weight excluding hydrogens is 408 g/mol. The van der Waals surface area contributed by atoms with Crippen LogP contribution in [0.3, 0.4) is 0 Å². The summed E-state index contributed by atoms with van der Waals surface area (Å²) in [6, 6.07) is 0. The van der Waals surface area contributed by atoms with Gasteiger partial charge in [-0.2, -0.15) is 13.2 Å². The first-order chi connectivity index (χ1) is 9.90. The number of hydrogen-bond acceptors (Lipinski definition) is 2. The molecule has 22 heavy (non-hydrogen) atoms. The minimum Gasteiger partial charge on any atom is -0.357 e. The number of nitrogens with one attached hydrogen (secondary N) is 2. The van der Waals surface area contributed by atoms with E-state index in [1.54, 1.807) is 0 Å². The second-order valence-electron chi connectivity index (χ2n) is 5.60. The highest BCUT2D eigenvalue weighted by Gasteiger charge is 2.26. The molecule has 1 atom stereocenters. The smallest absolute Gasteiger partial charge is 0.357 e. The number of halogens is 4. The van der Waals surface area contributed by atoms with Gasteiger partial charge in [0.2, 0.25) is 0 Å². The van der Waals surface area contributed by atoms with Crippen LogP contribution in [0.15, 0.2) is 4.99 Å². The molecule has 0 radical (unpaired) electrons. The predicted molar refractivity (Wildman–Crippen MR) is 94.9 cm³/mol. The van der Waals surface area contributed by atoms with E-state index in [0.29, 0.717) is 19.0 Å². The fraction of sp³-hybridized carbons (Fsp3) is 0.929. The lowest BCUT2D eigenvalue weighted by atomic mass is 10.0. The largest absolute Gasteiger partial charge is 0.390 e. The first-order valence-corrected chi connectivity index (χ1v) is 7.72. The van der Waals surface area contributed by atoms with E-state index in [2.05, 4.69) is 27.4 Å². The van der Waals surface area contributed by atoms with Crippen molar-refractivity contribution in [2.45, 2.75) is 39.3 Å². The molecule has 1 rings (SSSR count). The summed E-state index contributed by atoms with van der Waals surface area (Å²) in [5.41, 5.74) is 0. The van der Waals surface area contributed by atoms with Gasteiger partial charge >= 0.3 is 6.18 Å². The van der Waals surface area contributed by atoms with E-state index in [-0.39, 0.29) is 30.5 Å². The third kappa shape index (κ3) is 10.5. The molecule has 1 fully saturated rings. The Morgan fingerprint density at radius 3 is 2.64 bits per heavy atom. The number of rotatable bonds is 6. The summed E-state index contributed by atoms with van der Waals surface area (Å²) in [4.78, 5) is 6.34. The van der Waals surface area contributed by atoms with Crippen molar-refractivity contribution < 1.29 is 13.2 Å². The van der Waals surface area contributed by atoms with Gasteiger partial charge in [0.15, 0.2) is 5.96 Å². The van der Waals surface area contributed by atoms with Crippen molar-refractivity contribution in [1.29, 1.82) is 0 Å². The fourth-order valence-corrected chi connectivity index (χ4v) is 2.46. The number of hydrogen-bond donors (Lipinski definition) is 2. The highest BCUT2D eigenvalue weighted by molar-refractivity contribution is 14.0. The number of guanidine groups is 1. The molecule has 132 valence electrons. The monoisotopic (exact) mass is 436 g/mol. The van der Waals surface area contributed by atoms with E-state index in [1.807, 2.05) is 6.92 Å². The molecule has 1 saturated heterocycles. The summed E-state index contributed by atoms with van der Waals surface area (Å²) in [7, 11) is 0. The second-order valence-corrected chi connectivity index (χ2v) is 5.60. The standard InChI is InChI=1S/C14H27F3N4.HI/c1-3-18-13(19-7-6-14(15,16)17)20-8-10-21-9-4-5-12(2)11-21;/h12H,3-11H2,1-2H3,(H2,18,19,20);1H. The average Bonchev–Trinajstić information content (AvgIpc) is 2.37. The van der Waals surface area contributed by atoms with Crippen LogP contribution < -0.4 is 10.6 Å². The van der Waals surface area contributed by atoms with Gasteiger partial charge in [-0.15, -0.1) is 24.0 Å². The van der Waals surface area contributed by atoms with Crippen molar-refractivity contribution in [2.24, 2.45) is 10.9 Å². The number of nitrogens with zero attached hydrogens (tertiary/aromatic N) is 2. The van der Waals surface area contributed by atoms with Crippen LogP contribution in [0.5, 0.6) is 0 Å². The van der Waals surface area contributed by atoms with Crippen molar-refractivity contribution in [3.05, 3.63) is 0 Å². The summed E-state index contributed by atoms with van der Waals surface area (Å²) < 4.78 is 36.3. The molecule has 1 aliphatic heterocycles. The highest BCUT2D eigenvalue weighted by Crippen LogP contribution is 2.18. The van der Waals surface area contributed by atoms with Gasteiger partial charge in [0.1, 0.15) is 0 Å². The first kappa shape index (κ1) is 21.8. The topological polar surface area (TPSA) is 39.7 Å². The molecule has 0 aromatic heterocycles. The lowest BCUT2D eigenvalue weighted by Crippen LogP contribution is -2.43. The number of alkyl halides is 3. The molecule has 0 amide bonds. The molecule has 1 aliphatic rings. The van der Waals surface area contributed by atoms with Gasteiger partial charge in [-0.3, -0.25) is 4.99 Å². The van der Waals surface area contributed by atoms with Crippen molar-refractivity contribution >= 4 is 29.9 Å². The molecule has 0 bridgehead atoms. The Labute approximate surface area is 148 Å².